The monoisotopic (exact) mass is 178 g/mol. The molecule has 0 aromatic heterocycles. The van der Waals surface area contributed by atoms with Crippen LogP contribution in [0.2, 0.25) is 0 Å². The van der Waals surface area contributed by atoms with Gasteiger partial charge in [-0.2, -0.15) is 0 Å². The molecule has 3 nitrogen and oxygen atoms in total. The van der Waals surface area contributed by atoms with Gasteiger partial charge < -0.3 is 15.7 Å². The van der Waals surface area contributed by atoms with Crippen molar-refractivity contribution in [1.29, 1.82) is 0 Å². The van der Waals surface area contributed by atoms with Gasteiger partial charge in [-0.25, -0.2) is 0 Å². The minimum absolute atomic E-state index is 0.406. The van der Waals surface area contributed by atoms with Gasteiger partial charge in [-0.05, 0) is 25.6 Å². The van der Waals surface area contributed by atoms with Gasteiger partial charge in [0.1, 0.15) is 5.75 Å². The molecule has 1 aliphatic heterocycles. The number of aromatic hydroxyl groups is 1. The van der Waals surface area contributed by atoms with Gasteiger partial charge in [0, 0.05) is 23.8 Å². The molecule has 1 aromatic rings. The van der Waals surface area contributed by atoms with Crippen LogP contribution in [-0.4, -0.2) is 24.7 Å². The highest BCUT2D eigenvalue weighted by Gasteiger charge is 2.21. The molecule has 3 N–H and O–H groups in total. The topological polar surface area (TPSA) is 44.3 Å². The summed E-state index contributed by atoms with van der Waals surface area (Å²) in [5, 5.41) is 16.0. The van der Waals surface area contributed by atoms with E-state index in [2.05, 4.69) is 10.6 Å². The summed E-state index contributed by atoms with van der Waals surface area (Å²) < 4.78 is 0. The van der Waals surface area contributed by atoms with Crippen LogP contribution in [0.4, 0.5) is 5.69 Å². The maximum Gasteiger partial charge on any atom is 0.120 e. The van der Waals surface area contributed by atoms with Crippen molar-refractivity contribution in [1.82, 2.24) is 5.32 Å². The van der Waals surface area contributed by atoms with Gasteiger partial charge in [-0.1, -0.05) is 6.07 Å². The fourth-order valence-electron chi connectivity index (χ4n) is 1.81. The smallest absolute Gasteiger partial charge is 0.120 e. The minimum Gasteiger partial charge on any atom is -0.508 e. The Morgan fingerprint density at radius 1 is 1.62 bits per heavy atom. The Morgan fingerprint density at radius 2 is 2.46 bits per heavy atom. The third-order valence-corrected chi connectivity index (χ3v) is 2.41. The second-order valence-electron chi connectivity index (χ2n) is 3.41. The Kier molecular flexibility index (Phi) is 2.10. The first-order valence-corrected chi connectivity index (χ1v) is 4.53. The molecular formula is C10H14N2O. The summed E-state index contributed by atoms with van der Waals surface area (Å²) in [4.78, 5) is 0. The zero-order valence-corrected chi connectivity index (χ0v) is 7.67. The van der Waals surface area contributed by atoms with Gasteiger partial charge in [0.25, 0.3) is 0 Å². The van der Waals surface area contributed by atoms with Crippen LogP contribution in [-0.2, 0) is 6.42 Å². The third kappa shape index (κ3) is 1.47. The number of phenolic OH excluding ortho intramolecular Hbond substituents is 1. The lowest BCUT2D eigenvalue weighted by molar-refractivity contribution is 0.468. The summed E-state index contributed by atoms with van der Waals surface area (Å²) in [6.07, 6.45) is 0.906. The lowest BCUT2D eigenvalue weighted by Gasteiger charge is -2.08. The molecule has 0 fully saturated rings. The zero-order valence-electron chi connectivity index (χ0n) is 7.67. The van der Waals surface area contributed by atoms with Crippen molar-refractivity contribution in [2.75, 3.05) is 18.9 Å². The number of likely N-dealkylation sites (N-methyl/N-ethyl adjacent to an activating group) is 1. The Labute approximate surface area is 77.8 Å². The Balaban J connectivity index is 2.20. The lowest BCUT2D eigenvalue weighted by Crippen LogP contribution is -2.28. The van der Waals surface area contributed by atoms with Crippen LogP contribution in [0.15, 0.2) is 18.2 Å². The average molecular weight is 178 g/mol. The van der Waals surface area contributed by atoms with Gasteiger partial charge >= 0.3 is 0 Å². The number of hydrogen-bond donors (Lipinski definition) is 3. The molecule has 13 heavy (non-hydrogen) atoms. The van der Waals surface area contributed by atoms with Crippen molar-refractivity contribution in [2.24, 2.45) is 0 Å². The van der Waals surface area contributed by atoms with Crippen molar-refractivity contribution in [3.63, 3.8) is 0 Å². The summed E-state index contributed by atoms with van der Waals surface area (Å²) in [5.41, 5.74) is 2.11. The number of anilines is 1. The van der Waals surface area contributed by atoms with Gasteiger partial charge in [0.2, 0.25) is 0 Å². The molecule has 1 unspecified atom stereocenters. The largest absolute Gasteiger partial charge is 0.508 e. The summed E-state index contributed by atoms with van der Waals surface area (Å²) in [6.45, 7) is 0.925. The fraction of sp³-hybridized carbons (Fsp3) is 0.400. The van der Waals surface area contributed by atoms with E-state index in [-0.39, 0.29) is 0 Å². The maximum absolute atomic E-state index is 9.56. The molecule has 0 saturated carbocycles. The normalized spacial score (nSPS) is 19.6. The molecule has 1 heterocycles. The quantitative estimate of drug-likeness (QED) is 0.631. The van der Waals surface area contributed by atoms with Crippen LogP contribution in [0.5, 0.6) is 5.75 Å². The number of hydrogen-bond acceptors (Lipinski definition) is 3. The van der Waals surface area contributed by atoms with Crippen molar-refractivity contribution >= 4 is 5.69 Å². The van der Waals surface area contributed by atoms with E-state index in [0.29, 0.717) is 11.8 Å². The molecule has 1 aromatic carbocycles. The highest BCUT2D eigenvalue weighted by Crippen LogP contribution is 2.32. The van der Waals surface area contributed by atoms with E-state index in [4.69, 9.17) is 0 Å². The van der Waals surface area contributed by atoms with E-state index in [1.807, 2.05) is 19.2 Å². The van der Waals surface area contributed by atoms with E-state index >= 15 is 0 Å². The maximum atomic E-state index is 9.56. The molecule has 1 atom stereocenters. The Hall–Kier alpha value is -1.22. The van der Waals surface area contributed by atoms with E-state index in [1.54, 1.807) is 6.07 Å². The van der Waals surface area contributed by atoms with Crippen molar-refractivity contribution < 1.29 is 5.11 Å². The Bertz CT molecular complexity index is 312. The van der Waals surface area contributed by atoms with Crippen LogP contribution in [0.1, 0.15) is 5.56 Å². The molecule has 1 aliphatic rings. The SMILES string of the molecule is CNCC1Cc2c(O)cccc2N1. The van der Waals surface area contributed by atoms with Crippen molar-refractivity contribution in [3.8, 4) is 5.75 Å². The average Bonchev–Trinajstić information content (AvgIpc) is 2.49. The molecule has 70 valence electrons. The first-order chi connectivity index (χ1) is 6.31. The molecule has 0 spiro atoms. The second-order valence-corrected chi connectivity index (χ2v) is 3.41. The molecule has 0 radical (unpaired) electrons. The fourth-order valence-corrected chi connectivity index (χ4v) is 1.81. The number of fused-ring (bicyclic) bond motifs is 1. The van der Waals surface area contributed by atoms with E-state index in [0.717, 1.165) is 24.2 Å². The molecule has 2 rings (SSSR count). The third-order valence-electron chi connectivity index (χ3n) is 2.41. The molecule has 0 bridgehead atoms. The standard InChI is InChI=1S/C10H14N2O/c1-11-6-7-5-8-9(12-7)3-2-4-10(8)13/h2-4,7,11-13H,5-6H2,1H3. The zero-order chi connectivity index (χ0) is 9.26. The van der Waals surface area contributed by atoms with Crippen molar-refractivity contribution in [3.05, 3.63) is 23.8 Å². The summed E-state index contributed by atoms with van der Waals surface area (Å²) >= 11 is 0. The van der Waals surface area contributed by atoms with E-state index < -0.39 is 0 Å². The number of nitrogens with one attached hydrogen (secondary N) is 2. The first kappa shape index (κ1) is 8.38. The van der Waals surface area contributed by atoms with Crippen LogP contribution in [0.25, 0.3) is 0 Å². The van der Waals surface area contributed by atoms with Crippen molar-refractivity contribution in [2.45, 2.75) is 12.5 Å². The number of benzene rings is 1. The van der Waals surface area contributed by atoms with E-state index in [9.17, 15) is 5.11 Å². The lowest BCUT2D eigenvalue weighted by atomic mass is 10.1. The molecule has 3 heteroatoms. The predicted molar refractivity (Wildman–Crippen MR) is 53.1 cm³/mol. The van der Waals surface area contributed by atoms with Crippen LogP contribution in [0.3, 0.4) is 0 Å². The Morgan fingerprint density at radius 3 is 3.15 bits per heavy atom. The second kappa shape index (κ2) is 3.26. The summed E-state index contributed by atoms with van der Waals surface area (Å²) in [6, 6.07) is 6.02. The van der Waals surface area contributed by atoms with E-state index in [1.165, 1.54) is 0 Å². The van der Waals surface area contributed by atoms with Crippen LogP contribution in [0, 0.1) is 0 Å². The molecule has 0 amide bonds. The number of phenols is 1. The van der Waals surface area contributed by atoms with Gasteiger partial charge in [0.15, 0.2) is 0 Å². The first-order valence-electron chi connectivity index (χ1n) is 4.53. The summed E-state index contributed by atoms with van der Waals surface area (Å²) in [7, 11) is 1.94. The number of rotatable bonds is 2. The van der Waals surface area contributed by atoms with Gasteiger partial charge in [0.05, 0.1) is 0 Å². The highest BCUT2D eigenvalue weighted by atomic mass is 16.3. The molecule has 0 aliphatic carbocycles. The van der Waals surface area contributed by atoms with Gasteiger partial charge in [-0.3, -0.25) is 0 Å². The molecule has 0 saturated heterocycles. The van der Waals surface area contributed by atoms with Crippen LogP contribution < -0.4 is 10.6 Å². The predicted octanol–water partition coefficient (Wildman–Crippen LogP) is 0.948. The molecular weight excluding hydrogens is 164 g/mol. The minimum atomic E-state index is 0.406. The van der Waals surface area contributed by atoms with Crippen LogP contribution >= 0.6 is 0 Å². The summed E-state index contributed by atoms with van der Waals surface area (Å²) in [5.74, 6) is 0.406. The highest BCUT2D eigenvalue weighted by molar-refractivity contribution is 5.61. The van der Waals surface area contributed by atoms with Gasteiger partial charge in [-0.15, -0.1) is 0 Å².